The van der Waals surface area contributed by atoms with Crippen LogP contribution in [0.15, 0.2) is 24.3 Å². The first kappa shape index (κ1) is 12.4. The number of nitrogens with zero attached hydrogens (tertiary/aromatic N) is 1. The van der Waals surface area contributed by atoms with Gasteiger partial charge in [-0.3, -0.25) is 4.79 Å². The minimum atomic E-state index is -0.671. The molecule has 0 saturated carbocycles. The minimum absolute atomic E-state index is 0.0445. The Hall–Kier alpha value is -1.71. The molecule has 16 heavy (non-hydrogen) atoms. The number of hydrogen-bond donors (Lipinski definition) is 0. The molecule has 3 nitrogen and oxygen atoms in total. The van der Waals surface area contributed by atoms with E-state index in [2.05, 4.69) is 0 Å². The van der Waals surface area contributed by atoms with Crippen molar-refractivity contribution in [3.05, 3.63) is 29.8 Å². The molecule has 0 aliphatic carbocycles. The molecule has 0 heterocycles. The van der Waals surface area contributed by atoms with Crippen LogP contribution >= 0.6 is 0 Å². The summed E-state index contributed by atoms with van der Waals surface area (Å²) in [5, 5.41) is 0.107. The molecule has 1 aromatic carbocycles. The van der Waals surface area contributed by atoms with Crippen LogP contribution < -0.4 is 5.12 Å². The fourth-order valence-electron chi connectivity index (χ4n) is 1.39. The van der Waals surface area contributed by atoms with Gasteiger partial charge in [0.2, 0.25) is 0 Å². The fraction of sp³-hybridized carbons (Fsp3) is 0.333. The van der Waals surface area contributed by atoms with Gasteiger partial charge in [0.15, 0.2) is 0 Å². The summed E-state index contributed by atoms with van der Waals surface area (Å²) in [6.07, 6.45) is 0.794. The largest absolute Gasteiger partial charge is 0.300 e. The number of Topliss-reactive ketones (excluding diaryl/α,β-unsaturated/α-hetero) is 1. The number of carbonyl (C=O) groups is 2. The maximum Gasteiger partial charge on any atom is 0.251 e. The average Bonchev–Trinajstić information content (AvgIpc) is 2.25. The van der Waals surface area contributed by atoms with Gasteiger partial charge in [0.25, 0.3) is 5.91 Å². The Kier molecular flexibility index (Phi) is 4.17. The number of hydrogen-bond acceptors (Lipinski definition) is 2. The Bertz CT molecular complexity index is 404. The lowest BCUT2D eigenvalue weighted by atomic mass is 10.1. The van der Waals surface area contributed by atoms with Gasteiger partial charge in [-0.25, -0.2) is 0 Å². The van der Waals surface area contributed by atoms with Gasteiger partial charge in [0.05, 0.1) is 5.69 Å². The van der Waals surface area contributed by atoms with Gasteiger partial charge >= 0.3 is 0 Å². The first-order chi connectivity index (χ1) is 7.52. The van der Waals surface area contributed by atoms with Gasteiger partial charge in [0, 0.05) is 13.3 Å². The third kappa shape index (κ3) is 3.15. The van der Waals surface area contributed by atoms with E-state index in [1.807, 2.05) is 0 Å². The van der Waals surface area contributed by atoms with E-state index in [4.69, 9.17) is 0 Å². The lowest BCUT2D eigenvalue weighted by molar-refractivity contribution is -0.119. The Balaban J connectivity index is 2.91. The number of aryl methyl sites for hydroxylation is 1. The second-order valence-electron chi connectivity index (χ2n) is 3.63. The molecule has 0 saturated heterocycles. The predicted octanol–water partition coefficient (Wildman–Crippen LogP) is 2.45. The molecule has 1 rings (SSSR count). The summed E-state index contributed by atoms with van der Waals surface area (Å²) in [5.74, 6) is -0.627. The van der Waals surface area contributed by atoms with E-state index >= 15 is 0 Å². The van der Waals surface area contributed by atoms with Crippen molar-refractivity contribution in [2.45, 2.75) is 26.7 Å². The number of rotatable bonds is 4. The van der Waals surface area contributed by atoms with Crippen LogP contribution in [-0.2, 0) is 16.0 Å². The van der Waals surface area contributed by atoms with Crippen molar-refractivity contribution in [1.82, 2.24) is 0 Å². The van der Waals surface area contributed by atoms with Gasteiger partial charge in [-0.1, -0.05) is 22.7 Å². The van der Waals surface area contributed by atoms with Crippen molar-refractivity contribution in [2.75, 3.05) is 5.12 Å². The number of carbonyl (C=O) groups excluding carboxylic acids is 2. The zero-order valence-electron chi connectivity index (χ0n) is 9.37. The molecule has 0 atom stereocenters. The molecule has 1 amide bonds. The van der Waals surface area contributed by atoms with Crippen LogP contribution in [0.2, 0.25) is 0 Å². The Morgan fingerprint density at radius 3 is 2.44 bits per heavy atom. The zero-order valence-corrected chi connectivity index (χ0v) is 9.37. The average molecular weight is 223 g/mol. The summed E-state index contributed by atoms with van der Waals surface area (Å²) < 4.78 is 13.4. The molecule has 86 valence electrons. The highest BCUT2D eigenvalue weighted by atomic mass is 19.2. The third-order valence-electron chi connectivity index (χ3n) is 2.23. The Morgan fingerprint density at radius 2 is 1.88 bits per heavy atom. The number of amides is 1. The molecule has 0 aliphatic rings. The first-order valence-electron chi connectivity index (χ1n) is 5.06. The van der Waals surface area contributed by atoms with E-state index in [0.29, 0.717) is 18.4 Å². The highest BCUT2D eigenvalue weighted by molar-refractivity contribution is 5.90. The highest BCUT2D eigenvalue weighted by Gasteiger charge is 2.14. The van der Waals surface area contributed by atoms with E-state index in [1.165, 1.54) is 13.0 Å². The van der Waals surface area contributed by atoms with Crippen molar-refractivity contribution >= 4 is 17.4 Å². The summed E-state index contributed by atoms with van der Waals surface area (Å²) >= 11 is 0. The fourth-order valence-corrected chi connectivity index (χ4v) is 1.39. The minimum Gasteiger partial charge on any atom is -0.300 e. The maximum atomic E-state index is 13.4. The van der Waals surface area contributed by atoms with E-state index in [0.717, 1.165) is 6.92 Å². The molecule has 0 aromatic heterocycles. The van der Waals surface area contributed by atoms with Crippen LogP contribution in [0.1, 0.15) is 25.8 Å². The number of halogens is 1. The molecule has 4 heteroatoms. The quantitative estimate of drug-likeness (QED) is 0.735. The summed E-state index contributed by atoms with van der Waals surface area (Å²) in [7, 11) is 0. The summed E-state index contributed by atoms with van der Waals surface area (Å²) in [6, 6.07) is 6.65. The monoisotopic (exact) mass is 223 g/mol. The van der Waals surface area contributed by atoms with Gasteiger partial charge in [-0.15, -0.1) is 5.12 Å². The standard InChI is InChI=1S/C12H14FNO2/c1-9(15)7-8-11-5-3-4-6-12(11)14(13)10(2)16/h3-6H,7-8H2,1-2H3. The zero-order chi connectivity index (χ0) is 12.1. The van der Waals surface area contributed by atoms with Gasteiger partial charge < -0.3 is 4.79 Å². The number of ketones is 1. The van der Waals surface area contributed by atoms with E-state index < -0.39 is 5.91 Å². The summed E-state index contributed by atoms with van der Waals surface area (Å²) in [4.78, 5) is 21.8. The topological polar surface area (TPSA) is 37.4 Å². The molecular weight excluding hydrogens is 209 g/mol. The molecular formula is C12H14FNO2. The second kappa shape index (κ2) is 5.39. The third-order valence-corrected chi connectivity index (χ3v) is 2.23. The Labute approximate surface area is 93.8 Å². The second-order valence-corrected chi connectivity index (χ2v) is 3.63. The number of anilines is 1. The number of benzene rings is 1. The molecule has 0 unspecified atom stereocenters. The van der Waals surface area contributed by atoms with E-state index in [9.17, 15) is 14.1 Å². The van der Waals surface area contributed by atoms with E-state index in [-0.39, 0.29) is 16.6 Å². The van der Waals surface area contributed by atoms with Crippen LogP contribution in [0.3, 0.4) is 0 Å². The Morgan fingerprint density at radius 1 is 1.25 bits per heavy atom. The lowest BCUT2D eigenvalue weighted by Crippen LogP contribution is -2.19. The molecule has 0 radical (unpaired) electrons. The molecule has 0 spiro atoms. The van der Waals surface area contributed by atoms with Crippen LogP contribution in [-0.4, -0.2) is 11.7 Å². The van der Waals surface area contributed by atoms with Gasteiger partial charge in [-0.05, 0) is 25.0 Å². The van der Waals surface area contributed by atoms with Crippen LogP contribution in [0.5, 0.6) is 0 Å². The van der Waals surface area contributed by atoms with Gasteiger partial charge in [0.1, 0.15) is 5.78 Å². The molecule has 1 aromatic rings. The predicted molar refractivity (Wildman–Crippen MR) is 59.7 cm³/mol. The SMILES string of the molecule is CC(=O)CCc1ccccc1N(F)C(C)=O. The maximum absolute atomic E-state index is 13.4. The van der Waals surface area contributed by atoms with Crippen molar-refractivity contribution in [1.29, 1.82) is 0 Å². The molecule has 0 fully saturated rings. The van der Waals surface area contributed by atoms with Crippen LogP contribution in [0.4, 0.5) is 10.2 Å². The summed E-state index contributed by atoms with van der Waals surface area (Å²) in [5.41, 5.74) is 0.881. The molecule has 0 bridgehead atoms. The van der Waals surface area contributed by atoms with E-state index in [1.54, 1.807) is 18.2 Å². The summed E-state index contributed by atoms with van der Waals surface area (Å²) in [6.45, 7) is 2.64. The highest BCUT2D eigenvalue weighted by Crippen LogP contribution is 2.22. The lowest BCUT2D eigenvalue weighted by Gasteiger charge is -2.13. The number of para-hydroxylation sites is 1. The van der Waals surface area contributed by atoms with Crippen molar-refractivity contribution < 1.29 is 14.1 Å². The first-order valence-corrected chi connectivity index (χ1v) is 5.06. The van der Waals surface area contributed by atoms with Crippen molar-refractivity contribution in [3.63, 3.8) is 0 Å². The normalized spacial score (nSPS) is 9.94. The van der Waals surface area contributed by atoms with Crippen LogP contribution in [0.25, 0.3) is 0 Å². The van der Waals surface area contributed by atoms with Crippen molar-refractivity contribution in [3.8, 4) is 0 Å². The smallest absolute Gasteiger partial charge is 0.251 e. The van der Waals surface area contributed by atoms with Crippen molar-refractivity contribution in [2.24, 2.45) is 0 Å². The van der Waals surface area contributed by atoms with Gasteiger partial charge in [-0.2, -0.15) is 0 Å². The molecule has 0 N–H and O–H groups in total. The molecule has 0 aliphatic heterocycles. The van der Waals surface area contributed by atoms with Crippen LogP contribution in [0, 0.1) is 0 Å².